The highest BCUT2D eigenvalue weighted by Crippen LogP contribution is 2.26. The smallest absolute Gasteiger partial charge is 0.115 e. The van der Waals surface area contributed by atoms with Crippen molar-refractivity contribution in [3.63, 3.8) is 0 Å². The maximum absolute atomic E-state index is 9.61. The van der Waals surface area contributed by atoms with Crippen LogP contribution in [0.3, 0.4) is 0 Å². The number of aromatic hydroxyl groups is 1. The van der Waals surface area contributed by atoms with E-state index >= 15 is 0 Å². The quantitative estimate of drug-likeness (QED) is 0.749. The second-order valence-corrected chi connectivity index (χ2v) is 6.39. The standard InChI is InChI=1S/C17H17BrN2O/c1-11(2)20-16-7-6-13(18)10-15(16)19-17(20)9-12-4-3-5-14(21)8-12/h3-8,10-11,21H,9H2,1-2H3. The number of phenolic OH excluding ortho intramolecular Hbond substituents is 1. The van der Waals surface area contributed by atoms with E-state index in [9.17, 15) is 5.11 Å². The number of rotatable bonds is 3. The average molecular weight is 345 g/mol. The van der Waals surface area contributed by atoms with Gasteiger partial charge in [0.05, 0.1) is 11.0 Å². The Kier molecular flexibility index (Phi) is 3.72. The number of halogens is 1. The predicted octanol–water partition coefficient (Wildman–Crippen LogP) is 4.68. The minimum absolute atomic E-state index is 0.294. The number of aromatic nitrogens is 2. The zero-order chi connectivity index (χ0) is 15.0. The summed E-state index contributed by atoms with van der Waals surface area (Å²) in [6, 6.07) is 13.9. The lowest BCUT2D eigenvalue weighted by molar-refractivity contribution is 0.474. The van der Waals surface area contributed by atoms with Crippen LogP contribution in [0.2, 0.25) is 0 Å². The third-order valence-electron chi connectivity index (χ3n) is 3.51. The van der Waals surface area contributed by atoms with Crippen molar-refractivity contribution in [1.29, 1.82) is 0 Å². The Morgan fingerprint density at radius 1 is 1.19 bits per heavy atom. The number of phenols is 1. The van der Waals surface area contributed by atoms with Crippen LogP contribution >= 0.6 is 15.9 Å². The summed E-state index contributed by atoms with van der Waals surface area (Å²) in [5, 5.41) is 9.61. The highest BCUT2D eigenvalue weighted by Gasteiger charge is 2.14. The average Bonchev–Trinajstić information content (AvgIpc) is 2.75. The highest BCUT2D eigenvalue weighted by molar-refractivity contribution is 9.10. The minimum Gasteiger partial charge on any atom is -0.508 e. The number of imidazole rings is 1. The third-order valence-corrected chi connectivity index (χ3v) is 4.01. The van der Waals surface area contributed by atoms with E-state index in [1.807, 2.05) is 24.3 Å². The molecule has 1 N–H and O–H groups in total. The third kappa shape index (κ3) is 2.81. The van der Waals surface area contributed by atoms with Crippen LogP contribution in [0.1, 0.15) is 31.3 Å². The van der Waals surface area contributed by atoms with Crippen LogP contribution in [-0.4, -0.2) is 14.7 Å². The molecule has 0 bridgehead atoms. The number of hydrogen-bond acceptors (Lipinski definition) is 2. The number of hydrogen-bond donors (Lipinski definition) is 1. The Morgan fingerprint density at radius 3 is 2.71 bits per heavy atom. The van der Waals surface area contributed by atoms with E-state index in [1.54, 1.807) is 12.1 Å². The molecule has 2 aromatic carbocycles. The molecule has 3 aromatic rings. The molecular formula is C17H17BrN2O. The Labute approximate surface area is 132 Å². The maximum Gasteiger partial charge on any atom is 0.115 e. The molecule has 3 nitrogen and oxygen atoms in total. The van der Waals surface area contributed by atoms with Gasteiger partial charge in [-0.3, -0.25) is 0 Å². The normalized spacial score (nSPS) is 11.4. The molecule has 3 rings (SSSR count). The monoisotopic (exact) mass is 344 g/mol. The van der Waals surface area contributed by atoms with E-state index in [4.69, 9.17) is 4.98 Å². The first-order valence-corrected chi connectivity index (χ1v) is 7.78. The van der Waals surface area contributed by atoms with Gasteiger partial charge in [0.25, 0.3) is 0 Å². The highest BCUT2D eigenvalue weighted by atomic mass is 79.9. The molecule has 0 unspecified atom stereocenters. The molecule has 108 valence electrons. The van der Waals surface area contributed by atoms with Crippen molar-refractivity contribution < 1.29 is 5.11 Å². The topological polar surface area (TPSA) is 38.0 Å². The van der Waals surface area contributed by atoms with E-state index in [1.165, 1.54) is 0 Å². The molecule has 0 fully saturated rings. The van der Waals surface area contributed by atoms with Crippen LogP contribution in [-0.2, 0) is 6.42 Å². The fourth-order valence-corrected chi connectivity index (χ4v) is 3.02. The fraction of sp³-hybridized carbons (Fsp3) is 0.235. The molecule has 0 saturated carbocycles. The SMILES string of the molecule is CC(C)n1c(Cc2cccc(O)c2)nc2cc(Br)ccc21. The van der Waals surface area contributed by atoms with Gasteiger partial charge < -0.3 is 9.67 Å². The summed E-state index contributed by atoms with van der Waals surface area (Å²) in [5.74, 6) is 1.31. The number of fused-ring (bicyclic) bond motifs is 1. The first-order chi connectivity index (χ1) is 10.0. The summed E-state index contributed by atoms with van der Waals surface area (Å²) in [6.07, 6.45) is 0.707. The van der Waals surface area contributed by atoms with Crippen molar-refractivity contribution in [2.75, 3.05) is 0 Å². The Morgan fingerprint density at radius 2 is 2.00 bits per heavy atom. The van der Waals surface area contributed by atoms with Crippen molar-refractivity contribution in [3.8, 4) is 5.75 Å². The van der Waals surface area contributed by atoms with Crippen molar-refractivity contribution in [2.24, 2.45) is 0 Å². The summed E-state index contributed by atoms with van der Waals surface area (Å²) in [6.45, 7) is 4.32. The van der Waals surface area contributed by atoms with Crippen LogP contribution < -0.4 is 0 Å². The number of benzene rings is 2. The summed E-state index contributed by atoms with van der Waals surface area (Å²) >= 11 is 3.50. The van der Waals surface area contributed by atoms with E-state index < -0.39 is 0 Å². The molecule has 0 aliphatic heterocycles. The van der Waals surface area contributed by atoms with Gasteiger partial charge in [-0.15, -0.1) is 0 Å². The molecular weight excluding hydrogens is 328 g/mol. The Hall–Kier alpha value is -1.81. The van der Waals surface area contributed by atoms with Gasteiger partial charge in [0.2, 0.25) is 0 Å². The molecule has 0 atom stereocenters. The second kappa shape index (κ2) is 5.53. The van der Waals surface area contributed by atoms with Crippen molar-refractivity contribution in [2.45, 2.75) is 26.3 Å². The lowest BCUT2D eigenvalue weighted by atomic mass is 10.1. The van der Waals surface area contributed by atoms with Crippen LogP contribution in [0, 0.1) is 0 Å². The van der Waals surface area contributed by atoms with E-state index in [0.29, 0.717) is 18.2 Å². The van der Waals surface area contributed by atoms with Crippen molar-refractivity contribution in [3.05, 3.63) is 58.3 Å². The fourth-order valence-electron chi connectivity index (χ4n) is 2.67. The molecule has 1 aromatic heterocycles. The molecule has 1 heterocycles. The van der Waals surface area contributed by atoms with Gasteiger partial charge in [0.1, 0.15) is 11.6 Å². The zero-order valence-corrected chi connectivity index (χ0v) is 13.6. The summed E-state index contributed by atoms with van der Waals surface area (Å²) in [7, 11) is 0. The lowest BCUT2D eigenvalue weighted by Crippen LogP contribution is -2.06. The van der Waals surface area contributed by atoms with Gasteiger partial charge in [0, 0.05) is 16.9 Å². The van der Waals surface area contributed by atoms with Gasteiger partial charge in [-0.05, 0) is 49.7 Å². The van der Waals surface area contributed by atoms with Gasteiger partial charge in [0.15, 0.2) is 0 Å². The van der Waals surface area contributed by atoms with Crippen LogP contribution in [0.4, 0.5) is 0 Å². The van der Waals surface area contributed by atoms with Gasteiger partial charge in [-0.2, -0.15) is 0 Å². The van der Waals surface area contributed by atoms with Crippen molar-refractivity contribution >= 4 is 27.0 Å². The second-order valence-electron chi connectivity index (χ2n) is 5.47. The molecule has 0 spiro atoms. The van der Waals surface area contributed by atoms with E-state index in [-0.39, 0.29) is 0 Å². The van der Waals surface area contributed by atoms with E-state index in [0.717, 1.165) is 26.9 Å². The van der Waals surface area contributed by atoms with Gasteiger partial charge in [-0.25, -0.2) is 4.98 Å². The van der Waals surface area contributed by atoms with Crippen LogP contribution in [0.5, 0.6) is 5.75 Å². The van der Waals surface area contributed by atoms with Gasteiger partial charge >= 0.3 is 0 Å². The maximum atomic E-state index is 9.61. The summed E-state index contributed by atoms with van der Waals surface area (Å²) < 4.78 is 3.29. The summed E-state index contributed by atoms with van der Waals surface area (Å²) in [4.78, 5) is 4.77. The van der Waals surface area contributed by atoms with Crippen LogP contribution in [0.25, 0.3) is 11.0 Å². The molecule has 0 aliphatic carbocycles. The lowest BCUT2D eigenvalue weighted by Gasteiger charge is -2.13. The molecule has 21 heavy (non-hydrogen) atoms. The largest absolute Gasteiger partial charge is 0.508 e. The summed E-state index contributed by atoms with van der Waals surface area (Å²) in [5.41, 5.74) is 3.20. The molecule has 0 amide bonds. The van der Waals surface area contributed by atoms with Crippen molar-refractivity contribution in [1.82, 2.24) is 9.55 Å². The number of nitrogens with zero attached hydrogens (tertiary/aromatic N) is 2. The minimum atomic E-state index is 0.294. The van der Waals surface area contributed by atoms with Gasteiger partial charge in [-0.1, -0.05) is 28.1 Å². The zero-order valence-electron chi connectivity index (χ0n) is 12.0. The predicted molar refractivity (Wildman–Crippen MR) is 88.7 cm³/mol. The Balaban J connectivity index is 2.10. The molecule has 4 heteroatoms. The van der Waals surface area contributed by atoms with E-state index in [2.05, 4.69) is 40.4 Å². The first kappa shape index (κ1) is 14.1. The molecule has 0 aliphatic rings. The molecule has 0 saturated heterocycles. The Bertz CT molecular complexity index is 793. The molecule has 0 radical (unpaired) electrons. The van der Waals surface area contributed by atoms with Crippen LogP contribution in [0.15, 0.2) is 46.9 Å². The first-order valence-electron chi connectivity index (χ1n) is 6.99.